The monoisotopic (exact) mass is 263 g/mol. The largest absolute Gasteiger partial charge is 0.478 e. The maximum atomic E-state index is 11.2. The summed E-state index contributed by atoms with van der Waals surface area (Å²) in [4.78, 5) is 20.0. The summed E-state index contributed by atoms with van der Waals surface area (Å²) in [6.07, 6.45) is 1.66. The molecule has 2 unspecified atom stereocenters. The van der Waals surface area contributed by atoms with E-state index in [2.05, 4.69) is 35.7 Å². The molecule has 19 heavy (non-hydrogen) atoms. The van der Waals surface area contributed by atoms with E-state index in [0.29, 0.717) is 29.9 Å². The average molecular weight is 263 g/mol. The number of piperazine rings is 1. The van der Waals surface area contributed by atoms with Gasteiger partial charge in [0.2, 0.25) is 0 Å². The van der Waals surface area contributed by atoms with Crippen molar-refractivity contribution in [1.82, 2.24) is 14.8 Å². The zero-order valence-corrected chi connectivity index (χ0v) is 11.7. The molecule has 1 saturated heterocycles. The Bertz CT molecular complexity index is 452. The number of carboxylic acids is 1. The molecule has 0 spiro atoms. The lowest BCUT2D eigenvalue weighted by molar-refractivity contribution is 0.0540. The SMILES string of the molecule is CC1CN(Cc2ncccc2C(=O)O)CC(C)N1C. The van der Waals surface area contributed by atoms with E-state index >= 15 is 0 Å². The molecule has 1 N–H and O–H groups in total. The van der Waals surface area contributed by atoms with Crippen LogP contribution in [0.5, 0.6) is 0 Å². The molecule has 0 aromatic carbocycles. The summed E-state index contributed by atoms with van der Waals surface area (Å²) in [6.45, 7) is 6.87. The first-order chi connectivity index (χ1) is 8.99. The van der Waals surface area contributed by atoms with E-state index in [4.69, 9.17) is 0 Å². The molecular formula is C14H21N3O2. The third kappa shape index (κ3) is 3.11. The van der Waals surface area contributed by atoms with E-state index < -0.39 is 5.97 Å². The second-order valence-electron chi connectivity index (χ2n) is 5.36. The Balaban J connectivity index is 2.12. The first kappa shape index (κ1) is 14.0. The minimum atomic E-state index is -0.904. The van der Waals surface area contributed by atoms with Crippen LogP contribution >= 0.6 is 0 Å². The van der Waals surface area contributed by atoms with Gasteiger partial charge in [-0.2, -0.15) is 0 Å². The number of likely N-dealkylation sites (N-methyl/N-ethyl adjacent to an activating group) is 1. The lowest BCUT2D eigenvalue weighted by Gasteiger charge is -2.42. The Hall–Kier alpha value is -1.46. The van der Waals surface area contributed by atoms with Crippen LogP contribution in [0, 0.1) is 0 Å². The number of hydrogen-bond acceptors (Lipinski definition) is 4. The Labute approximate surface area is 113 Å². The van der Waals surface area contributed by atoms with Gasteiger partial charge in [-0.15, -0.1) is 0 Å². The van der Waals surface area contributed by atoms with Crippen molar-refractivity contribution in [2.45, 2.75) is 32.5 Å². The number of aromatic carboxylic acids is 1. The van der Waals surface area contributed by atoms with Crippen molar-refractivity contribution < 1.29 is 9.90 Å². The van der Waals surface area contributed by atoms with Gasteiger partial charge in [0.15, 0.2) is 0 Å². The Morgan fingerprint density at radius 2 is 2.05 bits per heavy atom. The van der Waals surface area contributed by atoms with Gasteiger partial charge < -0.3 is 5.11 Å². The molecule has 1 fully saturated rings. The highest BCUT2D eigenvalue weighted by Gasteiger charge is 2.27. The standard InChI is InChI=1S/C14H21N3O2/c1-10-7-17(8-11(2)16(10)3)9-13-12(14(18)19)5-4-6-15-13/h4-6,10-11H,7-9H2,1-3H3,(H,18,19). The van der Waals surface area contributed by atoms with Crippen LogP contribution in [0.15, 0.2) is 18.3 Å². The molecule has 0 radical (unpaired) electrons. The van der Waals surface area contributed by atoms with E-state index in [1.165, 1.54) is 0 Å². The summed E-state index contributed by atoms with van der Waals surface area (Å²) in [6, 6.07) is 4.23. The normalized spacial score (nSPS) is 25.4. The Kier molecular flexibility index (Phi) is 4.17. The number of carboxylic acid groups (broad SMARTS) is 1. The smallest absolute Gasteiger partial charge is 0.337 e. The summed E-state index contributed by atoms with van der Waals surface area (Å²) in [5, 5.41) is 9.17. The van der Waals surface area contributed by atoms with Crippen molar-refractivity contribution in [2.24, 2.45) is 0 Å². The van der Waals surface area contributed by atoms with Gasteiger partial charge in [0, 0.05) is 37.9 Å². The molecule has 2 atom stereocenters. The van der Waals surface area contributed by atoms with Crippen LogP contribution in [0.3, 0.4) is 0 Å². The summed E-state index contributed by atoms with van der Waals surface area (Å²) < 4.78 is 0. The van der Waals surface area contributed by atoms with Crippen molar-refractivity contribution in [1.29, 1.82) is 0 Å². The first-order valence-electron chi connectivity index (χ1n) is 6.60. The van der Waals surface area contributed by atoms with Gasteiger partial charge >= 0.3 is 5.97 Å². The van der Waals surface area contributed by atoms with Gasteiger partial charge in [-0.3, -0.25) is 14.8 Å². The molecule has 104 valence electrons. The summed E-state index contributed by atoms with van der Waals surface area (Å²) in [5.41, 5.74) is 0.959. The summed E-state index contributed by atoms with van der Waals surface area (Å²) >= 11 is 0. The van der Waals surface area contributed by atoms with Gasteiger partial charge in [-0.05, 0) is 33.0 Å². The molecule has 0 bridgehead atoms. The van der Waals surface area contributed by atoms with Gasteiger partial charge in [0.1, 0.15) is 0 Å². The highest BCUT2D eigenvalue weighted by Crippen LogP contribution is 2.16. The van der Waals surface area contributed by atoms with Crippen molar-refractivity contribution in [3.8, 4) is 0 Å². The van der Waals surface area contributed by atoms with Crippen LogP contribution in [0.25, 0.3) is 0 Å². The van der Waals surface area contributed by atoms with Crippen LogP contribution in [0.2, 0.25) is 0 Å². The summed E-state index contributed by atoms with van der Waals surface area (Å²) in [5.74, 6) is -0.904. The van der Waals surface area contributed by atoms with E-state index in [0.717, 1.165) is 13.1 Å². The van der Waals surface area contributed by atoms with E-state index in [9.17, 15) is 9.90 Å². The predicted octanol–water partition coefficient (Wildman–Crippen LogP) is 1.30. The number of hydrogen-bond donors (Lipinski definition) is 1. The maximum absolute atomic E-state index is 11.2. The van der Waals surface area contributed by atoms with Gasteiger partial charge in [0.25, 0.3) is 0 Å². The molecule has 0 aliphatic carbocycles. The molecule has 2 heterocycles. The zero-order chi connectivity index (χ0) is 14.0. The fourth-order valence-electron chi connectivity index (χ4n) is 2.61. The Morgan fingerprint density at radius 3 is 2.63 bits per heavy atom. The quantitative estimate of drug-likeness (QED) is 0.891. The number of pyridine rings is 1. The second-order valence-corrected chi connectivity index (χ2v) is 5.36. The summed E-state index contributed by atoms with van der Waals surface area (Å²) in [7, 11) is 2.14. The molecule has 1 aliphatic rings. The number of carbonyl (C=O) groups is 1. The third-order valence-corrected chi connectivity index (χ3v) is 3.93. The molecule has 1 aliphatic heterocycles. The first-order valence-corrected chi connectivity index (χ1v) is 6.60. The maximum Gasteiger partial charge on any atom is 0.337 e. The van der Waals surface area contributed by atoms with E-state index in [1.807, 2.05) is 0 Å². The lowest BCUT2D eigenvalue weighted by Crippen LogP contribution is -2.54. The number of rotatable bonds is 3. The fourth-order valence-corrected chi connectivity index (χ4v) is 2.61. The van der Waals surface area contributed by atoms with Crippen LogP contribution < -0.4 is 0 Å². The van der Waals surface area contributed by atoms with Crippen LogP contribution in [0.1, 0.15) is 29.9 Å². The second kappa shape index (κ2) is 5.67. The molecule has 5 heteroatoms. The zero-order valence-electron chi connectivity index (χ0n) is 11.7. The van der Waals surface area contributed by atoms with E-state index in [1.54, 1.807) is 18.3 Å². The average Bonchev–Trinajstić information content (AvgIpc) is 2.36. The molecular weight excluding hydrogens is 242 g/mol. The van der Waals surface area contributed by atoms with Crippen molar-refractivity contribution >= 4 is 5.97 Å². The number of nitrogens with zero attached hydrogens (tertiary/aromatic N) is 3. The van der Waals surface area contributed by atoms with Crippen molar-refractivity contribution in [2.75, 3.05) is 20.1 Å². The molecule has 0 saturated carbocycles. The molecule has 2 rings (SSSR count). The number of aromatic nitrogens is 1. The minimum absolute atomic E-state index is 0.307. The predicted molar refractivity (Wildman–Crippen MR) is 73.2 cm³/mol. The van der Waals surface area contributed by atoms with Crippen molar-refractivity contribution in [3.63, 3.8) is 0 Å². The highest BCUT2D eigenvalue weighted by atomic mass is 16.4. The highest BCUT2D eigenvalue weighted by molar-refractivity contribution is 5.88. The van der Waals surface area contributed by atoms with Crippen molar-refractivity contribution in [3.05, 3.63) is 29.6 Å². The Morgan fingerprint density at radius 1 is 1.42 bits per heavy atom. The molecule has 1 aromatic heterocycles. The topological polar surface area (TPSA) is 56.7 Å². The van der Waals surface area contributed by atoms with Gasteiger partial charge in [-0.25, -0.2) is 4.79 Å². The van der Waals surface area contributed by atoms with Crippen LogP contribution in [-0.4, -0.2) is 58.1 Å². The van der Waals surface area contributed by atoms with Crippen LogP contribution in [-0.2, 0) is 6.54 Å². The lowest BCUT2D eigenvalue weighted by atomic mass is 10.1. The van der Waals surface area contributed by atoms with Gasteiger partial charge in [0.05, 0.1) is 11.3 Å². The fraction of sp³-hybridized carbons (Fsp3) is 0.571. The third-order valence-electron chi connectivity index (χ3n) is 3.93. The van der Waals surface area contributed by atoms with Crippen LogP contribution in [0.4, 0.5) is 0 Å². The molecule has 5 nitrogen and oxygen atoms in total. The molecule has 0 amide bonds. The minimum Gasteiger partial charge on any atom is -0.478 e. The van der Waals surface area contributed by atoms with Gasteiger partial charge in [-0.1, -0.05) is 0 Å². The van der Waals surface area contributed by atoms with E-state index in [-0.39, 0.29) is 0 Å². The molecule has 1 aromatic rings.